The third kappa shape index (κ3) is 10.3. The van der Waals surface area contributed by atoms with Crippen LogP contribution >= 0.6 is 0 Å². The first-order chi connectivity index (χ1) is 22.6. The molecule has 13 nitrogen and oxygen atoms in total. The van der Waals surface area contributed by atoms with E-state index in [4.69, 9.17) is 0 Å². The number of nitrogens with zero attached hydrogens (tertiary/aromatic N) is 2. The standard InChI is InChI=1S/C34H51N7O6/c1-4-10-25(29(42)34(47)37-22-15-16-22)39-30(43)23-13-8-9-14-24(23)38-32(45)27(20(2)3)40-33(46)28(21-11-6-5-7-12-21)41-31(44)26-19-35-17-18-36-26/h17-25,27-28H,4-16H2,1-3H3,(H,37,47)(H,38,45)(H,39,43)(H,40,46)(H,41,44)/t23-,24+,25?,27+,28+/m1/s1. The van der Waals surface area contributed by atoms with Crippen molar-refractivity contribution < 1.29 is 28.8 Å². The number of amides is 5. The van der Waals surface area contributed by atoms with Crippen LogP contribution in [0.5, 0.6) is 0 Å². The maximum atomic E-state index is 13.8. The predicted octanol–water partition coefficient (Wildman–Crippen LogP) is 2.10. The average molecular weight is 654 g/mol. The minimum atomic E-state index is -0.930. The van der Waals surface area contributed by atoms with Gasteiger partial charge in [-0.05, 0) is 56.8 Å². The van der Waals surface area contributed by atoms with Gasteiger partial charge in [-0.25, -0.2) is 4.98 Å². The van der Waals surface area contributed by atoms with E-state index in [0.29, 0.717) is 25.7 Å². The van der Waals surface area contributed by atoms with Crippen molar-refractivity contribution in [3.8, 4) is 0 Å². The minimum Gasteiger partial charge on any atom is -0.351 e. The lowest BCUT2D eigenvalue weighted by Gasteiger charge is -2.35. The van der Waals surface area contributed by atoms with Crippen LogP contribution in [0.3, 0.4) is 0 Å². The number of hydrogen-bond acceptors (Lipinski definition) is 8. The zero-order valence-electron chi connectivity index (χ0n) is 27.9. The van der Waals surface area contributed by atoms with Crippen LogP contribution in [0.2, 0.25) is 0 Å². The molecule has 0 aliphatic heterocycles. The number of hydrogen-bond donors (Lipinski definition) is 5. The maximum absolute atomic E-state index is 13.8. The molecule has 0 spiro atoms. The highest BCUT2D eigenvalue weighted by Crippen LogP contribution is 2.28. The molecule has 5 atom stereocenters. The van der Waals surface area contributed by atoms with Crippen LogP contribution in [0.15, 0.2) is 18.6 Å². The quantitative estimate of drug-likeness (QED) is 0.178. The Morgan fingerprint density at radius 2 is 1.51 bits per heavy atom. The summed E-state index contributed by atoms with van der Waals surface area (Å²) in [5, 5.41) is 14.3. The summed E-state index contributed by atoms with van der Waals surface area (Å²) in [6.07, 6.45) is 14.1. The molecule has 0 radical (unpaired) electrons. The lowest BCUT2D eigenvalue weighted by Crippen LogP contribution is -2.60. The predicted molar refractivity (Wildman–Crippen MR) is 174 cm³/mol. The molecule has 3 fully saturated rings. The zero-order chi connectivity index (χ0) is 33.9. The van der Waals surface area contributed by atoms with E-state index >= 15 is 0 Å². The molecule has 0 bridgehead atoms. The third-order valence-corrected chi connectivity index (χ3v) is 9.51. The SMILES string of the molecule is CCCC(NC(=O)[C@@H]1CCCC[C@@H]1NC(=O)[C@@H](NC(=O)[C@@H](NC(=O)c1cnccn1)C1CCCCC1)C(C)C)C(=O)C(=O)NC1CC1. The first-order valence-electron chi connectivity index (χ1n) is 17.4. The van der Waals surface area contributed by atoms with Gasteiger partial charge in [0.2, 0.25) is 23.5 Å². The maximum Gasteiger partial charge on any atom is 0.289 e. The van der Waals surface area contributed by atoms with E-state index in [9.17, 15) is 28.8 Å². The first-order valence-corrected chi connectivity index (χ1v) is 17.4. The molecule has 13 heteroatoms. The molecule has 1 heterocycles. The van der Waals surface area contributed by atoms with Crippen LogP contribution in [0, 0.1) is 17.8 Å². The van der Waals surface area contributed by atoms with E-state index in [1.54, 1.807) is 0 Å². The van der Waals surface area contributed by atoms with Crippen molar-refractivity contribution in [3.05, 3.63) is 24.3 Å². The molecular weight excluding hydrogens is 602 g/mol. The van der Waals surface area contributed by atoms with Gasteiger partial charge in [-0.15, -0.1) is 0 Å². The molecule has 3 aliphatic rings. The summed E-state index contributed by atoms with van der Waals surface area (Å²) in [6, 6.07) is -3.16. The molecule has 1 unspecified atom stereocenters. The number of rotatable bonds is 15. The third-order valence-electron chi connectivity index (χ3n) is 9.51. The fourth-order valence-corrected chi connectivity index (χ4v) is 6.64. The van der Waals surface area contributed by atoms with Gasteiger partial charge in [-0.2, -0.15) is 0 Å². The number of nitrogens with one attached hydrogen (secondary N) is 5. The Hall–Kier alpha value is -3.90. The number of ketones is 1. The lowest BCUT2D eigenvalue weighted by molar-refractivity contribution is -0.141. The van der Waals surface area contributed by atoms with Crippen molar-refractivity contribution in [1.29, 1.82) is 0 Å². The van der Waals surface area contributed by atoms with Crippen molar-refractivity contribution >= 4 is 35.3 Å². The summed E-state index contributed by atoms with van der Waals surface area (Å²) in [4.78, 5) is 87.5. The number of Topliss-reactive ketones (excluding diaryl/α,β-unsaturated/α-hetero) is 1. The Morgan fingerprint density at radius 1 is 0.809 bits per heavy atom. The monoisotopic (exact) mass is 653 g/mol. The highest BCUT2D eigenvalue weighted by Gasteiger charge is 2.39. The highest BCUT2D eigenvalue weighted by molar-refractivity contribution is 6.38. The molecule has 0 saturated heterocycles. The normalized spacial score (nSPS) is 21.9. The number of carbonyl (C=O) groups is 6. The Balaban J connectivity index is 1.42. The molecule has 1 aromatic rings. The van der Waals surface area contributed by atoms with Crippen molar-refractivity contribution in [2.75, 3.05) is 0 Å². The van der Waals surface area contributed by atoms with Gasteiger partial charge in [-0.3, -0.25) is 33.8 Å². The van der Waals surface area contributed by atoms with Gasteiger partial charge in [0, 0.05) is 24.5 Å². The second-order valence-corrected chi connectivity index (χ2v) is 13.6. The lowest BCUT2D eigenvalue weighted by atomic mass is 9.82. The molecule has 1 aromatic heterocycles. The van der Waals surface area contributed by atoms with E-state index in [0.717, 1.165) is 57.8 Å². The average Bonchev–Trinajstić information content (AvgIpc) is 3.90. The summed E-state index contributed by atoms with van der Waals surface area (Å²) < 4.78 is 0. The first kappa shape index (κ1) is 35.9. The zero-order valence-corrected chi connectivity index (χ0v) is 27.9. The van der Waals surface area contributed by atoms with Crippen molar-refractivity contribution in [3.63, 3.8) is 0 Å². The van der Waals surface area contributed by atoms with Crippen molar-refractivity contribution in [2.24, 2.45) is 17.8 Å². The fraction of sp³-hybridized carbons (Fsp3) is 0.706. The molecule has 4 rings (SSSR count). The Labute approximate surface area is 277 Å². The van der Waals surface area contributed by atoms with Gasteiger partial charge in [-0.1, -0.05) is 59.3 Å². The van der Waals surface area contributed by atoms with Gasteiger partial charge < -0.3 is 26.6 Å². The van der Waals surface area contributed by atoms with Crippen LogP contribution in [0.4, 0.5) is 0 Å². The molecule has 3 aliphatic carbocycles. The molecule has 47 heavy (non-hydrogen) atoms. The second kappa shape index (κ2) is 17.3. The van der Waals surface area contributed by atoms with Gasteiger partial charge in [0.05, 0.1) is 18.2 Å². The summed E-state index contributed by atoms with van der Waals surface area (Å²) in [6.45, 7) is 5.54. The molecule has 3 saturated carbocycles. The summed E-state index contributed by atoms with van der Waals surface area (Å²) in [5.74, 6) is -4.00. The number of carbonyl (C=O) groups excluding carboxylic acids is 6. The van der Waals surface area contributed by atoms with Gasteiger partial charge >= 0.3 is 0 Å². The van der Waals surface area contributed by atoms with Crippen LogP contribution < -0.4 is 26.6 Å². The van der Waals surface area contributed by atoms with E-state index < -0.39 is 59.5 Å². The summed E-state index contributed by atoms with van der Waals surface area (Å²) >= 11 is 0. The molecule has 5 N–H and O–H groups in total. The molecule has 5 amide bonds. The molecule has 0 aromatic carbocycles. The second-order valence-electron chi connectivity index (χ2n) is 13.6. The van der Waals surface area contributed by atoms with Gasteiger partial charge in [0.15, 0.2) is 0 Å². The fourth-order valence-electron chi connectivity index (χ4n) is 6.64. The Kier molecular flexibility index (Phi) is 13.2. The van der Waals surface area contributed by atoms with E-state index in [1.807, 2.05) is 20.8 Å². The molecule has 258 valence electrons. The smallest absolute Gasteiger partial charge is 0.289 e. The highest BCUT2D eigenvalue weighted by atomic mass is 16.2. The summed E-state index contributed by atoms with van der Waals surface area (Å²) in [7, 11) is 0. The van der Waals surface area contributed by atoms with E-state index in [-0.39, 0.29) is 29.5 Å². The topological polar surface area (TPSA) is 188 Å². The van der Waals surface area contributed by atoms with Gasteiger partial charge in [0.25, 0.3) is 11.8 Å². The van der Waals surface area contributed by atoms with E-state index in [1.165, 1.54) is 18.6 Å². The number of aromatic nitrogens is 2. The van der Waals surface area contributed by atoms with E-state index in [2.05, 4.69) is 36.6 Å². The van der Waals surface area contributed by atoms with Gasteiger partial charge in [0.1, 0.15) is 17.8 Å². The van der Waals surface area contributed by atoms with Crippen molar-refractivity contribution in [1.82, 2.24) is 36.6 Å². The summed E-state index contributed by atoms with van der Waals surface area (Å²) in [5.41, 5.74) is 0.104. The Bertz CT molecular complexity index is 1260. The van der Waals surface area contributed by atoms with Crippen molar-refractivity contribution in [2.45, 2.75) is 134 Å². The Morgan fingerprint density at radius 3 is 2.15 bits per heavy atom. The van der Waals surface area contributed by atoms with Crippen LogP contribution in [-0.2, 0) is 24.0 Å². The largest absolute Gasteiger partial charge is 0.351 e. The van der Waals surface area contributed by atoms with Crippen LogP contribution in [0.25, 0.3) is 0 Å². The van der Waals surface area contributed by atoms with Crippen LogP contribution in [0.1, 0.15) is 115 Å². The molecular formula is C34H51N7O6. The van der Waals surface area contributed by atoms with Crippen LogP contribution in [-0.4, -0.2) is 75.5 Å². The minimum absolute atomic E-state index is 0.0316.